The minimum atomic E-state index is -1.30. The van der Waals surface area contributed by atoms with E-state index in [0.29, 0.717) is 10.8 Å². The first kappa shape index (κ1) is 13.3. The Balaban J connectivity index is 2.83. The Labute approximate surface area is 101 Å². The van der Waals surface area contributed by atoms with Crippen LogP contribution in [0.4, 0.5) is 0 Å². The SMILES string of the molecule is CC(C)Sc1ccc(C(=O)C(C)(C)O)cc1. The lowest BCUT2D eigenvalue weighted by molar-refractivity contribution is 0.0488. The maximum atomic E-state index is 11.7. The van der Waals surface area contributed by atoms with Crippen molar-refractivity contribution < 1.29 is 9.90 Å². The summed E-state index contributed by atoms with van der Waals surface area (Å²) in [6.45, 7) is 7.26. The van der Waals surface area contributed by atoms with Gasteiger partial charge in [-0.1, -0.05) is 26.0 Å². The molecule has 88 valence electrons. The highest BCUT2D eigenvalue weighted by Gasteiger charge is 2.24. The van der Waals surface area contributed by atoms with Gasteiger partial charge < -0.3 is 5.11 Å². The molecule has 0 radical (unpaired) electrons. The first-order valence-electron chi connectivity index (χ1n) is 5.34. The minimum absolute atomic E-state index is 0.242. The molecule has 0 aliphatic rings. The summed E-state index contributed by atoms with van der Waals surface area (Å²) in [5.74, 6) is -0.242. The Morgan fingerprint density at radius 1 is 1.25 bits per heavy atom. The topological polar surface area (TPSA) is 37.3 Å². The molecule has 1 aromatic carbocycles. The first-order chi connectivity index (χ1) is 7.30. The van der Waals surface area contributed by atoms with Crippen LogP contribution in [0, 0.1) is 0 Å². The summed E-state index contributed by atoms with van der Waals surface area (Å²) in [7, 11) is 0. The molecule has 1 N–H and O–H groups in total. The van der Waals surface area contributed by atoms with Gasteiger partial charge in [0.2, 0.25) is 0 Å². The van der Waals surface area contributed by atoms with E-state index in [2.05, 4.69) is 13.8 Å². The molecular weight excluding hydrogens is 220 g/mol. The number of carbonyl (C=O) groups is 1. The monoisotopic (exact) mass is 238 g/mol. The smallest absolute Gasteiger partial charge is 0.193 e. The zero-order valence-electron chi connectivity index (χ0n) is 10.2. The van der Waals surface area contributed by atoms with Crippen molar-refractivity contribution in [1.82, 2.24) is 0 Å². The van der Waals surface area contributed by atoms with Gasteiger partial charge in [0, 0.05) is 15.7 Å². The van der Waals surface area contributed by atoms with Crippen LogP contribution in [0.15, 0.2) is 29.2 Å². The lowest BCUT2D eigenvalue weighted by Gasteiger charge is -2.15. The number of Topliss-reactive ketones (excluding diaryl/α,β-unsaturated/α-hetero) is 1. The van der Waals surface area contributed by atoms with Gasteiger partial charge in [-0.25, -0.2) is 0 Å². The van der Waals surface area contributed by atoms with Crippen LogP contribution in [0.25, 0.3) is 0 Å². The van der Waals surface area contributed by atoms with Crippen molar-refractivity contribution in [3.05, 3.63) is 29.8 Å². The van der Waals surface area contributed by atoms with E-state index in [-0.39, 0.29) is 5.78 Å². The molecule has 1 aromatic rings. The molecule has 0 saturated carbocycles. The molecule has 0 atom stereocenters. The molecule has 0 bridgehead atoms. The van der Waals surface area contributed by atoms with E-state index >= 15 is 0 Å². The van der Waals surface area contributed by atoms with E-state index in [9.17, 15) is 9.90 Å². The van der Waals surface area contributed by atoms with E-state index in [4.69, 9.17) is 0 Å². The fourth-order valence-corrected chi connectivity index (χ4v) is 2.15. The summed E-state index contributed by atoms with van der Waals surface area (Å²) in [5.41, 5.74) is -0.743. The van der Waals surface area contributed by atoms with Crippen molar-refractivity contribution in [2.45, 2.75) is 43.4 Å². The van der Waals surface area contributed by atoms with Crippen molar-refractivity contribution in [3.63, 3.8) is 0 Å². The summed E-state index contributed by atoms with van der Waals surface area (Å²) >= 11 is 1.75. The van der Waals surface area contributed by atoms with Crippen LogP contribution in [-0.2, 0) is 0 Å². The summed E-state index contributed by atoms with van der Waals surface area (Å²) in [6, 6.07) is 7.38. The van der Waals surface area contributed by atoms with Crippen molar-refractivity contribution in [1.29, 1.82) is 0 Å². The zero-order valence-corrected chi connectivity index (χ0v) is 11.0. The quantitative estimate of drug-likeness (QED) is 0.647. The van der Waals surface area contributed by atoms with Gasteiger partial charge in [-0.05, 0) is 26.0 Å². The fraction of sp³-hybridized carbons (Fsp3) is 0.462. The maximum absolute atomic E-state index is 11.7. The first-order valence-corrected chi connectivity index (χ1v) is 6.22. The summed E-state index contributed by atoms with van der Waals surface area (Å²) in [5, 5.41) is 10.1. The fourth-order valence-electron chi connectivity index (χ4n) is 1.31. The van der Waals surface area contributed by atoms with Gasteiger partial charge >= 0.3 is 0 Å². The van der Waals surface area contributed by atoms with E-state index in [0.717, 1.165) is 4.90 Å². The minimum Gasteiger partial charge on any atom is -0.382 e. The van der Waals surface area contributed by atoms with Crippen molar-refractivity contribution in [3.8, 4) is 0 Å². The number of hydrogen-bond acceptors (Lipinski definition) is 3. The second kappa shape index (κ2) is 5.02. The third-order valence-corrected chi connectivity index (χ3v) is 3.06. The molecule has 0 heterocycles. The molecule has 0 spiro atoms. The van der Waals surface area contributed by atoms with Crippen LogP contribution in [0.2, 0.25) is 0 Å². The molecule has 0 fully saturated rings. The van der Waals surface area contributed by atoms with Crippen LogP contribution in [0.1, 0.15) is 38.1 Å². The highest BCUT2D eigenvalue weighted by atomic mass is 32.2. The largest absolute Gasteiger partial charge is 0.382 e. The Morgan fingerprint density at radius 2 is 1.75 bits per heavy atom. The highest BCUT2D eigenvalue weighted by molar-refractivity contribution is 7.99. The lowest BCUT2D eigenvalue weighted by Crippen LogP contribution is -2.30. The second-order valence-electron chi connectivity index (χ2n) is 4.58. The van der Waals surface area contributed by atoms with Crippen molar-refractivity contribution in [2.24, 2.45) is 0 Å². The molecule has 3 heteroatoms. The van der Waals surface area contributed by atoms with Gasteiger partial charge in [0.1, 0.15) is 5.60 Å². The number of ketones is 1. The number of aliphatic hydroxyl groups is 1. The predicted octanol–water partition coefficient (Wildman–Crippen LogP) is 3.14. The molecule has 2 nitrogen and oxygen atoms in total. The average Bonchev–Trinajstić information content (AvgIpc) is 2.15. The Hall–Kier alpha value is -0.800. The van der Waals surface area contributed by atoms with Crippen LogP contribution in [0.3, 0.4) is 0 Å². The average molecular weight is 238 g/mol. The Bertz CT molecular complexity index is 361. The van der Waals surface area contributed by atoms with Crippen molar-refractivity contribution in [2.75, 3.05) is 0 Å². The maximum Gasteiger partial charge on any atom is 0.193 e. The van der Waals surface area contributed by atoms with E-state index in [1.807, 2.05) is 12.1 Å². The number of hydrogen-bond donors (Lipinski definition) is 1. The van der Waals surface area contributed by atoms with Crippen LogP contribution in [0.5, 0.6) is 0 Å². The van der Waals surface area contributed by atoms with Gasteiger partial charge in [-0.2, -0.15) is 0 Å². The lowest BCUT2D eigenvalue weighted by atomic mass is 9.97. The molecule has 0 unspecified atom stereocenters. The molecule has 0 saturated heterocycles. The number of carbonyl (C=O) groups excluding carboxylic acids is 1. The number of rotatable bonds is 4. The standard InChI is InChI=1S/C13H18O2S/c1-9(2)16-11-7-5-10(6-8-11)12(14)13(3,4)15/h5-9,15H,1-4H3. The predicted molar refractivity (Wildman–Crippen MR) is 68.1 cm³/mol. The molecular formula is C13H18O2S. The summed E-state index contributed by atoms with van der Waals surface area (Å²) in [4.78, 5) is 12.9. The van der Waals surface area contributed by atoms with Gasteiger partial charge in [-0.3, -0.25) is 4.79 Å². The van der Waals surface area contributed by atoms with Crippen LogP contribution in [-0.4, -0.2) is 21.7 Å². The van der Waals surface area contributed by atoms with Crippen LogP contribution >= 0.6 is 11.8 Å². The van der Waals surface area contributed by atoms with Crippen LogP contribution < -0.4 is 0 Å². The van der Waals surface area contributed by atoms with E-state index in [1.165, 1.54) is 13.8 Å². The Morgan fingerprint density at radius 3 is 2.12 bits per heavy atom. The zero-order chi connectivity index (χ0) is 12.3. The Kier molecular flexibility index (Phi) is 4.16. The molecule has 0 aromatic heterocycles. The molecule has 16 heavy (non-hydrogen) atoms. The van der Waals surface area contributed by atoms with Gasteiger partial charge in [0.05, 0.1) is 0 Å². The molecule has 0 aliphatic carbocycles. The second-order valence-corrected chi connectivity index (χ2v) is 6.23. The molecule has 1 rings (SSSR count). The normalized spacial score (nSPS) is 11.9. The van der Waals surface area contributed by atoms with Gasteiger partial charge in [-0.15, -0.1) is 11.8 Å². The highest BCUT2D eigenvalue weighted by Crippen LogP contribution is 2.23. The molecule has 0 aliphatic heterocycles. The number of benzene rings is 1. The van der Waals surface area contributed by atoms with E-state index in [1.54, 1.807) is 23.9 Å². The van der Waals surface area contributed by atoms with Crippen molar-refractivity contribution >= 4 is 17.5 Å². The number of thioether (sulfide) groups is 1. The van der Waals surface area contributed by atoms with Gasteiger partial charge in [0.15, 0.2) is 5.78 Å². The van der Waals surface area contributed by atoms with Gasteiger partial charge in [0.25, 0.3) is 0 Å². The van der Waals surface area contributed by atoms with E-state index < -0.39 is 5.60 Å². The summed E-state index contributed by atoms with van der Waals surface area (Å²) < 4.78 is 0. The summed E-state index contributed by atoms with van der Waals surface area (Å²) in [6.07, 6.45) is 0. The third-order valence-electron chi connectivity index (χ3n) is 2.04. The molecule has 0 amide bonds. The third kappa shape index (κ3) is 3.65.